The lowest BCUT2D eigenvalue weighted by molar-refractivity contribution is 0.0290. The molecule has 3 heterocycles. The highest BCUT2D eigenvalue weighted by Gasteiger charge is 2.31. The number of aromatic nitrogens is 4. The maximum Gasteiger partial charge on any atom is 0.259 e. The van der Waals surface area contributed by atoms with E-state index in [1.807, 2.05) is 0 Å². The van der Waals surface area contributed by atoms with E-state index in [0.717, 1.165) is 19.4 Å². The standard InChI is InChI=1S/C15H23N5O4S/c1-10(2)7-20-8-14(16-9-20)25(21,22)17-6-12-4-5-13(23-12)15-18-11(3)19-24-15/h8-10,12-13,17H,4-7H2,1-3H3/t12-,13+/m1/s1. The fourth-order valence-corrected chi connectivity index (χ4v) is 3.77. The Hall–Kier alpha value is -1.78. The zero-order chi connectivity index (χ0) is 18.0. The van der Waals surface area contributed by atoms with Gasteiger partial charge in [-0.2, -0.15) is 4.98 Å². The van der Waals surface area contributed by atoms with Crippen LogP contribution in [0.1, 0.15) is 44.5 Å². The van der Waals surface area contributed by atoms with Crippen LogP contribution in [0.5, 0.6) is 0 Å². The quantitative estimate of drug-likeness (QED) is 0.785. The molecule has 10 heteroatoms. The lowest BCUT2D eigenvalue weighted by Crippen LogP contribution is -2.32. The third-order valence-corrected chi connectivity index (χ3v) is 5.20. The van der Waals surface area contributed by atoms with Gasteiger partial charge < -0.3 is 13.8 Å². The van der Waals surface area contributed by atoms with Crippen molar-refractivity contribution in [3.05, 3.63) is 24.2 Å². The van der Waals surface area contributed by atoms with Gasteiger partial charge in [-0.3, -0.25) is 0 Å². The van der Waals surface area contributed by atoms with Crippen molar-refractivity contribution in [2.45, 2.75) is 57.4 Å². The van der Waals surface area contributed by atoms with Crippen molar-refractivity contribution in [3.63, 3.8) is 0 Å². The second kappa shape index (κ2) is 7.22. The molecule has 0 radical (unpaired) electrons. The molecular formula is C15H23N5O4S. The summed E-state index contributed by atoms with van der Waals surface area (Å²) in [6.45, 7) is 6.77. The largest absolute Gasteiger partial charge is 0.364 e. The van der Waals surface area contributed by atoms with Gasteiger partial charge in [0.2, 0.25) is 0 Å². The highest BCUT2D eigenvalue weighted by molar-refractivity contribution is 7.89. The van der Waals surface area contributed by atoms with Gasteiger partial charge in [0.05, 0.1) is 12.4 Å². The maximum atomic E-state index is 12.4. The molecule has 0 aliphatic carbocycles. The topological polar surface area (TPSA) is 112 Å². The van der Waals surface area contributed by atoms with Crippen molar-refractivity contribution in [2.24, 2.45) is 5.92 Å². The first kappa shape index (κ1) is 18.0. The second-order valence-corrected chi connectivity index (χ2v) is 8.37. The highest BCUT2D eigenvalue weighted by Crippen LogP contribution is 2.31. The van der Waals surface area contributed by atoms with Crippen molar-refractivity contribution < 1.29 is 17.7 Å². The number of hydrogen-bond acceptors (Lipinski definition) is 7. The molecule has 138 valence electrons. The molecule has 25 heavy (non-hydrogen) atoms. The van der Waals surface area contributed by atoms with Crippen LogP contribution in [-0.2, 0) is 21.3 Å². The average Bonchev–Trinajstić information content (AvgIpc) is 3.24. The molecule has 0 unspecified atom stereocenters. The van der Waals surface area contributed by atoms with E-state index in [9.17, 15) is 8.42 Å². The normalized spacial score (nSPS) is 21.3. The van der Waals surface area contributed by atoms with Gasteiger partial charge in [0, 0.05) is 19.3 Å². The number of imidazole rings is 1. The Morgan fingerprint density at radius 3 is 2.88 bits per heavy atom. The van der Waals surface area contributed by atoms with Crippen molar-refractivity contribution in [1.29, 1.82) is 0 Å². The number of rotatable bonds is 7. The van der Waals surface area contributed by atoms with E-state index < -0.39 is 10.0 Å². The fraction of sp³-hybridized carbons (Fsp3) is 0.667. The van der Waals surface area contributed by atoms with E-state index in [-0.39, 0.29) is 23.8 Å². The van der Waals surface area contributed by atoms with Gasteiger partial charge in [0.15, 0.2) is 10.9 Å². The summed E-state index contributed by atoms with van der Waals surface area (Å²) >= 11 is 0. The van der Waals surface area contributed by atoms with Gasteiger partial charge in [-0.15, -0.1) is 0 Å². The van der Waals surface area contributed by atoms with E-state index in [1.54, 1.807) is 17.7 Å². The number of hydrogen-bond donors (Lipinski definition) is 1. The first-order chi connectivity index (χ1) is 11.8. The van der Waals surface area contributed by atoms with Crippen molar-refractivity contribution in [1.82, 2.24) is 24.4 Å². The summed E-state index contributed by atoms with van der Waals surface area (Å²) < 4.78 is 40.0. The van der Waals surface area contributed by atoms with Crippen LogP contribution in [0, 0.1) is 12.8 Å². The lowest BCUT2D eigenvalue weighted by atomic mass is 10.2. The first-order valence-corrected chi connectivity index (χ1v) is 9.79. The number of nitrogens with one attached hydrogen (secondary N) is 1. The highest BCUT2D eigenvalue weighted by atomic mass is 32.2. The summed E-state index contributed by atoms with van der Waals surface area (Å²) in [4.78, 5) is 8.15. The molecule has 2 aromatic heterocycles. The van der Waals surface area contributed by atoms with Crippen LogP contribution in [0.15, 0.2) is 22.1 Å². The van der Waals surface area contributed by atoms with Gasteiger partial charge in [-0.1, -0.05) is 19.0 Å². The summed E-state index contributed by atoms with van der Waals surface area (Å²) in [6, 6.07) is 0. The van der Waals surface area contributed by atoms with Gasteiger partial charge in [0.25, 0.3) is 15.9 Å². The molecule has 0 amide bonds. The second-order valence-electron chi connectivity index (χ2n) is 6.66. The predicted octanol–water partition coefficient (Wildman–Crippen LogP) is 1.43. The molecule has 0 saturated carbocycles. The summed E-state index contributed by atoms with van der Waals surface area (Å²) in [5.41, 5.74) is 0. The molecule has 2 aromatic rings. The van der Waals surface area contributed by atoms with Gasteiger partial charge in [0.1, 0.15) is 6.10 Å². The molecule has 9 nitrogen and oxygen atoms in total. The molecule has 1 saturated heterocycles. The minimum atomic E-state index is -3.65. The van der Waals surface area contributed by atoms with Crippen molar-refractivity contribution >= 4 is 10.0 Å². The van der Waals surface area contributed by atoms with E-state index in [2.05, 4.69) is 33.7 Å². The number of aryl methyl sites for hydroxylation is 1. The van der Waals surface area contributed by atoms with Crippen molar-refractivity contribution in [2.75, 3.05) is 6.54 Å². The van der Waals surface area contributed by atoms with E-state index in [1.165, 1.54) is 6.33 Å². The van der Waals surface area contributed by atoms with E-state index >= 15 is 0 Å². The summed E-state index contributed by atoms with van der Waals surface area (Å²) in [5, 5.41) is 3.77. The number of ether oxygens (including phenoxy) is 1. The smallest absolute Gasteiger partial charge is 0.259 e. The minimum absolute atomic E-state index is 0.0234. The van der Waals surface area contributed by atoms with Crippen molar-refractivity contribution in [3.8, 4) is 0 Å². The maximum absolute atomic E-state index is 12.4. The Morgan fingerprint density at radius 1 is 1.40 bits per heavy atom. The van der Waals surface area contributed by atoms with Crippen LogP contribution in [0.25, 0.3) is 0 Å². The van der Waals surface area contributed by atoms with Gasteiger partial charge in [-0.25, -0.2) is 18.1 Å². The van der Waals surface area contributed by atoms with E-state index in [4.69, 9.17) is 9.26 Å². The van der Waals surface area contributed by atoms with Crippen LogP contribution < -0.4 is 4.72 Å². The predicted molar refractivity (Wildman–Crippen MR) is 88.1 cm³/mol. The summed E-state index contributed by atoms with van der Waals surface area (Å²) in [6.07, 6.45) is 4.01. The minimum Gasteiger partial charge on any atom is -0.364 e. The molecule has 0 aromatic carbocycles. The monoisotopic (exact) mass is 369 g/mol. The Balaban J connectivity index is 1.55. The molecule has 0 spiro atoms. The first-order valence-electron chi connectivity index (χ1n) is 8.30. The van der Waals surface area contributed by atoms with Crippen LogP contribution in [0.3, 0.4) is 0 Å². The molecule has 1 aliphatic heterocycles. The third-order valence-electron chi connectivity index (χ3n) is 3.89. The van der Waals surface area contributed by atoms with Crippen LogP contribution in [0.4, 0.5) is 0 Å². The Kier molecular flexibility index (Phi) is 5.21. The summed E-state index contributed by atoms with van der Waals surface area (Å²) in [7, 11) is -3.65. The molecule has 1 aliphatic rings. The fourth-order valence-electron chi connectivity index (χ4n) is 2.76. The molecule has 0 bridgehead atoms. The molecular weight excluding hydrogens is 346 g/mol. The Bertz CT molecular complexity index is 814. The van der Waals surface area contributed by atoms with Gasteiger partial charge >= 0.3 is 0 Å². The lowest BCUT2D eigenvalue weighted by Gasteiger charge is -2.12. The Labute approximate surface area is 146 Å². The molecule has 2 atom stereocenters. The van der Waals surface area contributed by atoms with Gasteiger partial charge in [-0.05, 0) is 25.7 Å². The number of sulfonamides is 1. The average molecular weight is 369 g/mol. The zero-order valence-electron chi connectivity index (χ0n) is 14.5. The zero-order valence-corrected chi connectivity index (χ0v) is 15.4. The van der Waals surface area contributed by atoms with Crippen LogP contribution in [-0.4, -0.2) is 40.8 Å². The summed E-state index contributed by atoms with van der Waals surface area (Å²) in [5.74, 6) is 1.41. The van der Waals surface area contributed by atoms with E-state index in [0.29, 0.717) is 17.6 Å². The Morgan fingerprint density at radius 2 is 2.20 bits per heavy atom. The molecule has 1 N–H and O–H groups in total. The molecule has 1 fully saturated rings. The molecule has 3 rings (SSSR count). The third kappa shape index (κ3) is 4.44. The number of nitrogens with zero attached hydrogens (tertiary/aromatic N) is 4. The van der Waals surface area contributed by atoms with Crippen LogP contribution in [0.2, 0.25) is 0 Å². The van der Waals surface area contributed by atoms with Crippen LogP contribution >= 0.6 is 0 Å². The SMILES string of the molecule is Cc1noc([C@@H]2CC[C@H](CNS(=O)(=O)c3cn(CC(C)C)cn3)O2)n1.